The first-order chi connectivity index (χ1) is 11.3. The van der Waals surface area contributed by atoms with Crippen molar-refractivity contribution in [3.63, 3.8) is 0 Å². The molecule has 0 aliphatic heterocycles. The summed E-state index contributed by atoms with van der Waals surface area (Å²) in [5.41, 5.74) is 1.11. The highest BCUT2D eigenvalue weighted by Crippen LogP contribution is 2.25. The van der Waals surface area contributed by atoms with Crippen molar-refractivity contribution in [2.75, 3.05) is 11.9 Å². The first-order valence-electron chi connectivity index (χ1n) is 7.38. The minimum atomic E-state index is 0.310. The molecular weight excluding hydrogens is 308 g/mol. The molecule has 2 aromatic heterocycles. The Kier molecular flexibility index (Phi) is 5.16. The smallest absolute Gasteiger partial charge is 0.197 e. The number of nitrogens with zero attached hydrogens (tertiary/aromatic N) is 2. The van der Waals surface area contributed by atoms with Crippen LogP contribution in [0.3, 0.4) is 0 Å². The van der Waals surface area contributed by atoms with E-state index in [-0.39, 0.29) is 0 Å². The van der Waals surface area contributed by atoms with E-state index < -0.39 is 0 Å². The van der Waals surface area contributed by atoms with Gasteiger partial charge in [0.1, 0.15) is 0 Å². The number of allylic oxidation sites excluding steroid dienone is 1. The van der Waals surface area contributed by atoms with Gasteiger partial charge in [0.2, 0.25) is 0 Å². The average Bonchev–Trinajstić information content (AvgIpc) is 3.25. The SMILES string of the molecule is C=CCC(CNc1ccccc1)Sc1nnc(-c2ccco2)[nH]1. The van der Waals surface area contributed by atoms with Gasteiger partial charge in [0.25, 0.3) is 0 Å². The zero-order valence-electron chi connectivity index (χ0n) is 12.6. The topological polar surface area (TPSA) is 66.7 Å². The zero-order chi connectivity index (χ0) is 15.9. The number of hydrogen-bond acceptors (Lipinski definition) is 5. The summed E-state index contributed by atoms with van der Waals surface area (Å²) in [5.74, 6) is 1.33. The van der Waals surface area contributed by atoms with E-state index in [9.17, 15) is 0 Å². The number of para-hydroxylation sites is 1. The highest BCUT2D eigenvalue weighted by atomic mass is 32.2. The second-order valence-electron chi connectivity index (χ2n) is 4.97. The zero-order valence-corrected chi connectivity index (χ0v) is 13.4. The molecule has 2 N–H and O–H groups in total. The molecule has 3 aromatic rings. The molecule has 2 heterocycles. The van der Waals surface area contributed by atoms with Crippen LogP contribution in [0, 0.1) is 0 Å². The van der Waals surface area contributed by atoms with Crippen molar-refractivity contribution in [3.05, 3.63) is 61.4 Å². The molecule has 5 nitrogen and oxygen atoms in total. The van der Waals surface area contributed by atoms with Gasteiger partial charge in [0.15, 0.2) is 16.7 Å². The molecule has 0 bridgehead atoms. The van der Waals surface area contributed by atoms with E-state index in [4.69, 9.17) is 4.42 Å². The number of benzene rings is 1. The normalized spacial score (nSPS) is 12.0. The van der Waals surface area contributed by atoms with Gasteiger partial charge < -0.3 is 14.7 Å². The minimum Gasteiger partial charge on any atom is -0.461 e. The van der Waals surface area contributed by atoms with Gasteiger partial charge in [0.05, 0.1) is 6.26 Å². The van der Waals surface area contributed by atoms with Gasteiger partial charge in [-0.1, -0.05) is 36.0 Å². The second-order valence-corrected chi connectivity index (χ2v) is 6.26. The Bertz CT molecular complexity index is 724. The largest absolute Gasteiger partial charge is 0.461 e. The van der Waals surface area contributed by atoms with Crippen LogP contribution in [0.2, 0.25) is 0 Å². The summed E-state index contributed by atoms with van der Waals surface area (Å²) in [4.78, 5) is 3.19. The summed E-state index contributed by atoms with van der Waals surface area (Å²) >= 11 is 1.65. The van der Waals surface area contributed by atoms with E-state index in [1.807, 2.05) is 36.4 Å². The number of nitrogens with one attached hydrogen (secondary N) is 2. The van der Waals surface area contributed by atoms with Crippen LogP contribution in [-0.4, -0.2) is 27.0 Å². The Labute approximate surface area is 139 Å². The van der Waals surface area contributed by atoms with Crippen LogP contribution in [0.1, 0.15) is 6.42 Å². The molecule has 0 aliphatic carbocycles. The Hall–Kier alpha value is -2.47. The van der Waals surface area contributed by atoms with E-state index in [0.29, 0.717) is 16.8 Å². The van der Waals surface area contributed by atoms with Gasteiger partial charge in [-0.2, -0.15) is 0 Å². The number of thioether (sulfide) groups is 1. The molecule has 6 heteroatoms. The number of H-pyrrole nitrogens is 1. The molecule has 0 saturated carbocycles. The van der Waals surface area contributed by atoms with Crippen LogP contribution >= 0.6 is 11.8 Å². The number of aromatic nitrogens is 3. The van der Waals surface area contributed by atoms with E-state index >= 15 is 0 Å². The molecule has 0 saturated heterocycles. The maximum absolute atomic E-state index is 5.32. The fourth-order valence-electron chi connectivity index (χ4n) is 2.13. The molecule has 118 valence electrons. The molecule has 3 rings (SSSR count). The predicted molar refractivity (Wildman–Crippen MR) is 93.5 cm³/mol. The molecule has 1 aromatic carbocycles. The number of anilines is 1. The van der Waals surface area contributed by atoms with Crippen LogP contribution in [0.5, 0.6) is 0 Å². The second kappa shape index (κ2) is 7.69. The summed E-state index contributed by atoms with van der Waals surface area (Å²) in [5, 5.41) is 12.8. The lowest BCUT2D eigenvalue weighted by atomic mass is 10.2. The quantitative estimate of drug-likeness (QED) is 0.479. The van der Waals surface area contributed by atoms with Crippen LogP contribution < -0.4 is 5.32 Å². The summed E-state index contributed by atoms with van der Waals surface area (Å²) in [6.07, 6.45) is 4.42. The molecular formula is C17H18N4OS. The molecule has 1 unspecified atom stereocenters. The van der Waals surface area contributed by atoms with Gasteiger partial charge in [-0.05, 0) is 30.7 Å². The number of hydrogen-bond donors (Lipinski definition) is 2. The molecule has 0 aliphatic rings. The maximum atomic E-state index is 5.32. The summed E-state index contributed by atoms with van der Waals surface area (Å²) in [7, 11) is 0. The average molecular weight is 326 g/mol. The third kappa shape index (κ3) is 4.26. The molecule has 0 amide bonds. The van der Waals surface area contributed by atoms with E-state index in [0.717, 1.165) is 23.8 Å². The van der Waals surface area contributed by atoms with Gasteiger partial charge in [0, 0.05) is 17.5 Å². The number of rotatable bonds is 8. The first-order valence-corrected chi connectivity index (χ1v) is 8.26. The van der Waals surface area contributed by atoms with Gasteiger partial charge >= 0.3 is 0 Å². The van der Waals surface area contributed by atoms with Gasteiger partial charge in [-0.15, -0.1) is 16.8 Å². The molecule has 23 heavy (non-hydrogen) atoms. The van der Waals surface area contributed by atoms with E-state index in [1.54, 1.807) is 18.0 Å². The highest BCUT2D eigenvalue weighted by molar-refractivity contribution is 7.99. The van der Waals surface area contributed by atoms with Gasteiger partial charge in [-0.3, -0.25) is 0 Å². The molecule has 0 radical (unpaired) electrons. The third-order valence-corrected chi connectivity index (χ3v) is 4.34. The monoisotopic (exact) mass is 326 g/mol. The third-order valence-electron chi connectivity index (χ3n) is 3.24. The van der Waals surface area contributed by atoms with E-state index in [1.165, 1.54) is 0 Å². The highest BCUT2D eigenvalue weighted by Gasteiger charge is 2.14. The fourth-order valence-corrected chi connectivity index (χ4v) is 3.09. The van der Waals surface area contributed by atoms with Crippen molar-refractivity contribution >= 4 is 17.4 Å². The Morgan fingerprint density at radius 2 is 2.09 bits per heavy atom. The summed E-state index contributed by atoms with van der Waals surface area (Å²) < 4.78 is 5.32. The molecule has 0 spiro atoms. The van der Waals surface area contributed by atoms with Crippen LogP contribution in [0.15, 0.2) is 71.0 Å². The Morgan fingerprint density at radius 1 is 1.22 bits per heavy atom. The Morgan fingerprint density at radius 3 is 2.83 bits per heavy atom. The standard InChI is InChI=1S/C17H18N4OS/c1-2-7-14(12-18-13-8-4-3-5-9-13)23-17-19-16(20-21-17)15-10-6-11-22-15/h2-6,8-11,14,18H,1,7,12H2,(H,19,20,21). The van der Waals surface area contributed by atoms with Crippen molar-refractivity contribution in [1.82, 2.24) is 15.2 Å². The fraction of sp³-hybridized carbons (Fsp3) is 0.176. The number of aromatic amines is 1. The maximum Gasteiger partial charge on any atom is 0.197 e. The van der Waals surface area contributed by atoms with Gasteiger partial charge in [-0.25, -0.2) is 0 Å². The van der Waals surface area contributed by atoms with Crippen molar-refractivity contribution < 1.29 is 4.42 Å². The summed E-state index contributed by atoms with van der Waals surface area (Å²) in [6, 6.07) is 13.8. The van der Waals surface area contributed by atoms with Crippen LogP contribution in [-0.2, 0) is 0 Å². The van der Waals surface area contributed by atoms with Crippen molar-refractivity contribution in [2.45, 2.75) is 16.8 Å². The summed E-state index contributed by atoms with van der Waals surface area (Å²) in [6.45, 7) is 4.66. The number of furan rings is 1. The van der Waals surface area contributed by atoms with Crippen molar-refractivity contribution in [2.24, 2.45) is 0 Å². The van der Waals surface area contributed by atoms with Crippen LogP contribution in [0.25, 0.3) is 11.6 Å². The lowest BCUT2D eigenvalue weighted by Crippen LogP contribution is -2.16. The first kappa shape index (κ1) is 15.4. The molecule has 1 atom stereocenters. The van der Waals surface area contributed by atoms with Crippen LogP contribution in [0.4, 0.5) is 5.69 Å². The predicted octanol–water partition coefficient (Wildman–Crippen LogP) is 4.21. The van der Waals surface area contributed by atoms with Crippen molar-refractivity contribution in [3.8, 4) is 11.6 Å². The van der Waals surface area contributed by atoms with Crippen molar-refractivity contribution in [1.29, 1.82) is 0 Å². The lowest BCUT2D eigenvalue weighted by molar-refractivity contribution is 0.577. The minimum absolute atomic E-state index is 0.310. The molecule has 0 fully saturated rings. The Balaban J connectivity index is 1.61. The lowest BCUT2D eigenvalue weighted by Gasteiger charge is -2.14. The van der Waals surface area contributed by atoms with E-state index in [2.05, 4.69) is 39.2 Å².